The Hall–Kier alpha value is -2.01. The Morgan fingerprint density at radius 3 is 2.63 bits per heavy atom. The first-order valence-corrected chi connectivity index (χ1v) is 6.03. The lowest BCUT2D eigenvalue weighted by molar-refractivity contribution is 0.0602. The van der Waals surface area contributed by atoms with Crippen molar-refractivity contribution in [2.24, 2.45) is 0 Å². The Balaban J connectivity index is 2.57. The predicted octanol–water partition coefficient (Wildman–Crippen LogP) is 2.51. The zero-order valence-corrected chi connectivity index (χ0v) is 11.7. The van der Waals surface area contributed by atoms with Crippen LogP contribution in [0.25, 0.3) is 5.69 Å². The van der Waals surface area contributed by atoms with Gasteiger partial charge in [-0.25, -0.2) is 9.48 Å². The van der Waals surface area contributed by atoms with Crippen LogP contribution in [-0.4, -0.2) is 22.9 Å². The highest BCUT2D eigenvalue weighted by Crippen LogP contribution is 2.24. The number of rotatable bonds is 2. The molecule has 0 aliphatic carbocycles. The molecule has 0 aliphatic heterocycles. The smallest absolute Gasteiger partial charge is 0.340 e. The largest absolute Gasteiger partial charge is 0.465 e. The molecule has 0 saturated heterocycles. The van der Waals surface area contributed by atoms with Crippen LogP contribution in [0.3, 0.4) is 0 Å². The number of benzene rings is 1. The Morgan fingerprint density at radius 2 is 2.11 bits per heavy atom. The molecule has 6 heteroatoms. The van der Waals surface area contributed by atoms with Gasteiger partial charge < -0.3 is 10.5 Å². The summed E-state index contributed by atoms with van der Waals surface area (Å²) in [5.41, 5.74) is 8.68. The Kier molecular flexibility index (Phi) is 3.48. The van der Waals surface area contributed by atoms with E-state index < -0.39 is 5.97 Å². The summed E-state index contributed by atoms with van der Waals surface area (Å²) in [5.74, 6) is -0.480. The van der Waals surface area contributed by atoms with Crippen LogP contribution in [0.4, 0.5) is 5.69 Å². The normalized spacial score (nSPS) is 10.5. The number of hydrogen-bond donors (Lipinski definition) is 1. The maximum Gasteiger partial charge on any atom is 0.340 e. The number of hydrogen-bond acceptors (Lipinski definition) is 4. The Bertz CT molecular complexity index is 650. The minimum Gasteiger partial charge on any atom is -0.465 e. The molecule has 0 saturated carbocycles. The fourth-order valence-corrected chi connectivity index (χ4v) is 1.96. The number of anilines is 1. The van der Waals surface area contributed by atoms with Crippen molar-refractivity contribution in [2.45, 2.75) is 13.8 Å². The number of carbonyl (C=O) groups is 1. The first-order valence-electron chi connectivity index (χ1n) is 5.65. The molecule has 2 aromatic rings. The third kappa shape index (κ3) is 2.29. The summed E-state index contributed by atoms with van der Waals surface area (Å²) in [6.07, 6.45) is 0. The molecule has 0 spiro atoms. The molecule has 0 aliphatic rings. The van der Waals surface area contributed by atoms with Gasteiger partial charge in [0.15, 0.2) is 0 Å². The lowest BCUT2D eigenvalue weighted by Gasteiger charge is -2.08. The van der Waals surface area contributed by atoms with E-state index in [9.17, 15) is 4.79 Å². The molecular formula is C13H14ClN3O2. The summed E-state index contributed by atoms with van der Waals surface area (Å²) < 4.78 is 6.36. The Labute approximate surface area is 115 Å². The third-order valence-corrected chi connectivity index (χ3v) is 3.44. The van der Waals surface area contributed by atoms with Crippen LogP contribution in [-0.2, 0) is 4.74 Å². The molecule has 1 aromatic heterocycles. The number of methoxy groups -OCH3 is 1. The molecule has 0 bridgehead atoms. The Morgan fingerprint density at radius 1 is 1.42 bits per heavy atom. The summed E-state index contributed by atoms with van der Waals surface area (Å²) in [7, 11) is 1.31. The summed E-state index contributed by atoms with van der Waals surface area (Å²) in [5, 5.41) is 4.94. The van der Waals surface area contributed by atoms with Gasteiger partial charge in [-0.3, -0.25) is 0 Å². The van der Waals surface area contributed by atoms with Gasteiger partial charge >= 0.3 is 5.97 Å². The van der Waals surface area contributed by atoms with Crippen LogP contribution in [0.2, 0.25) is 5.02 Å². The average Bonchev–Trinajstić information content (AvgIpc) is 2.66. The fourth-order valence-electron chi connectivity index (χ4n) is 1.84. The van der Waals surface area contributed by atoms with Crippen LogP contribution in [0.15, 0.2) is 18.2 Å². The van der Waals surface area contributed by atoms with Gasteiger partial charge in [0.25, 0.3) is 0 Å². The molecule has 5 nitrogen and oxygen atoms in total. The highest BCUT2D eigenvalue weighted by molar-refractivity contribution is 6.31. The number of aryl methyl sites for hydroxylation is 1. The number of nitrogens with two attached hydrogens (primary N) is 1. The van der Waals surface area contributed by atoms with Gasteiger partial charge in [-0.15, -0.1) is 0 Å². The van der Waals surface area contributed by atoms with Crippen LogP contribution in [0, 0.1) is 13.8 Å². The van der Waals surface area contributed by atoms with E-state index in [0.717, 1.165) is 11.4 Å². The van der Waals surface area contributed by atoms with Crippen LogP contribution in [0.5, 0.6) is 0 Å². The zero-order valence-electron chi connectivity index (χ0n) is 10.9. The second-order valence-corrected chi connectivity index (χ2v) is 4.54. The van der Waals surface area contributed by atoms with E-state index >= 15 is 0 Å². The minimum atomic E-state index is -0.480. The maximum absolute atomic E-state index is 11.6. The number of ether oxygens (including phenoxy) is 1. The monoisotopic (exact) mass is 279 g/mol. The highest BCUT2D eigenvalue weighted by atomic mass is 35.5. The molecule has 0 radical (unpaired) electrons. The first kappa shape index (κ1) is 13.4. The van der Waals surface area contributed by atoms with E-state index in [-0.39, 0.29) is 0 Å². The molecule has 0 unspecified atom stereocenters. The second kappa shape index (κ2) is 4.93. The van der Waals surface area contributed by atoms with E-state index in [4.69, 9.17) is 22.1 Å². The molecule has 1 heterocycles. The van der Waals surface area contributed by atoms with Gasteiger partial charge in [-0.2, -0.15) is 5.10 Å². The molecule has 0 amide bonds. The predicted molar refractivity (Wildman–Crippen MR) is 73.8 cm³/mol. The summed E-state index contributed by atoms with van der Waals surface area (Å²) in [6.45, 7) is 3.68. The van der Waals surface area contributed by atoms with E-state index in [0.29, 0.717) is 22.0 Å². The first-order chi connectivity index (χ1) is 8.95. The van der Waals surface area contributed by atoms with E-state index in [1.165, 1.54) is 7.11 Å². The molecule has 1 aromatic carbocycles. The van der Waals surface area contributed by atoms with Gasteiger partial charge in [0.1, 0.15) is 0 Å². The van der Waals surface area contributed by atoms with Crippen molar-refractivity contribution >= 4 is 23.3 Å². The molecule has 2 rings (SSSR count). The zero-order chi connectivity index (χ0) is 14.2. The van der Waals surface area contributed by atoms with Crippen LogP contribution in [0.1, 0.15) is 21.7 Å². The summed E-state index contributed by atoms with van der Waals surface area (Å²) in [4.78, 5) is 11.6. The van der Waals surface area contributed by atoms with Crippen molar-refractivity contribution < 1.29 is 9.53 Å². The summed E-state index contributed by atoms with van der Waals surface area (Å²) >= 11 is 6.11. The number of carbonyl (C=O) groups excluding carboxylic acids is 1. The molecule has 100 valence electrons. The van der Waals surface area contributed by atoms with Gasteiger partial charge in [0.2, 0.25) is 0 Å². The number of nitrogen functional groups attached to an aromatic ring is 1. The quantitative estimate of drug-likeness (QED) is 0.677. The molecular weight excluding hydrogens is 266 g/mol. The third-order valence-electron chi connectivity index (χ3n) is 2.89. The number of nitrogens with zero attached hydrogens (tertiary/aromatic N) is 2. The number of aromatic nitrogens is 2. The van der Waals surface area contributed by atoms with Gasteiger partial charge in [0.05, 0.1) is 34.8 Å². The highest BCUT2D eigenvalue weighted by Gasteiger charge is 2.15. The lowest BCUT2D eigenvalue weighted by atomic mass is 10.1. The second-order valence-electron chi connectivity index (χ2n) is 4.16. The topological polar surface area (TPSA) is 70.1 Å². The number of halogens is 1. The molecule has 19 heavy (non-hydrogen) atoms. The minimum absolute atomic E-state index is 0.309. The summed E-state index contributed by atoms with van der Waals surface area (Å²) in [6, 6.07) is 5.06. The molecule has 2 N–H and O–H groups in total. The van der Waals surface area contributed by atoms with Crippen molar-refractivity contribution in [3.8, 4) is 5.69 Å². The van der Waals surface area contributed by atoms with Crippen molar-refractivity contribution in [1.29, 1.82) is 0 Å². The van der Waals surface area contributed by atoms with Gasteiger partial charge in [-0.1, -0.05) is 11.6 Å². The maximum atomic E-state index is 11.6. The van der Waals surface area contributed by atoms with Crippen molar-refractivity contribution in [1.82, 2.24) is 9.78 Å². The molecule has 0 fully saturated rings. The SMILES string of the molecule is COC(=O)c1cc(-n2nc(C)c(Cl)c2C)ccc1N. The van der Waals surface area contributed by atoms with Crippen molar-refractivity contribution in [2.75, 3.05) is 12.8 Å². The van der Waals surface area contributed by atoms with Crippen LogP contribution >= 0.6 is 11.6 Å². The van der Waals surface area contributed by atoms with Gasteiger partial charge in [0, 0.05) is 5.69 Å². The van der Waals surface area contributed by atoms with Crippen molar-refractivity contribution in [3.05, 3.63) is 40.2 Å². The van der Waals surface area contributed by atoms with Crippen LogP contribution < -0.4 is 5.73 Å². The standard InChI is InChI=1S/C13H14ClN3O2/c1-7-12(14)8(2)17(16-7)9-4-5-11(15)10(6-9)13(18)19-3/h4-6H,15H2,1-3H3. The van der Waals surface area contributed by atoms with Gasteiger partial charge in [-0.05, 0) is 32.0 Å². The molecule has 0 atom stereocenters. The lowest BCUT2D eigenvalue weighted by Crippen LogP contribution is -2.08. The van der Waals surface area contributed by atoms with E-state index in [1.54, 1.807) is 22.9 Å². The fraction of sp³-hybridized carbons (Fsp3) is 0.231. The van der Waals surface area contributed by atoms with E-state index in [1.807, 2.05) is 13.8 Å². The van der Waals surface area contributed by atoms with E-state index in [2.05, 4.69) is 5.10 Å². The average molecular weight is 280 g/mol. The van der Waals surface area contributed by atoms with Crippen molar-refractivity contribution in [3.63, 3.8) is 0 Å². The number of esters is 1.